The van der Waals surface area contributed by atoms with Gasteiger partial charge >= 0.3 is 0 Å². The van der Waals surface area contributed by atoms with Crippen molar-refractivity contribution >= 4 is 17.7 Å². The molecule has 1 amide bonds. The molecule has 0 aliphatic heterocycles. The fourth-order valence-corrected chi connectivity index (χ4v) is 3.42. The maximum Gasteiger partial charge on any atom is 0.263 e. The van der Waals surface area contributed by atoms with Crippen molar-refractivity contribution in [1.29, 1.82) is 0 Å². The van der Waals surface area contributed by atoms with Crippen LogP contribution in [0, 0.1) is 19.7 Å². The number of carbonyl (C=O) groups excluding carboxylic acids is 1. The SMILES string of the molecule is Cc1ccc(-c2cc(NC(=NC3CCCC3)NC(=O)c3cnoc3C)n[nH]2)cc1F. The lowest BCUT2D eigenvalue weighted by atomic mass is 10.1. The molecule has 1 aliphatic rings. The Labute approximate surface area is 173 Å². The van der Waals surface area contributed by atoms with Crippen LogP contribution in [0.2, 0.25) is 0 Å². The molecular formula is C21H23FN6O2. The minimum Gasteiger partial charge on any atom is -0.361 e. The first kappa shape index (κ1) is 19.8. The summed E-state index contributed by atoms with van der Waals surface area (Å²) in [5.74, 6) is 0.549. The molecule has 0 bridgehead atoms. The third-order valence-electron chi connectivity index (χ3n) is 5.17. The Kier molecular flexibility index (Phi) is 5.60. The summed E-state index contributed by atoms with van der Waals surface area (Å²) in [6.07, 6.45) is 5.55. The first-order valence-electron chi connectivity index (χ1n) is 9.89. The third-order valence-corrected chi connectivity index (χ3v) is 5.17. The van der Waals surface area contributed by atoms with E-state index >= 15 is 0 Å². The van der Waals surface area contributed by atoms with Gasteiger partial charge in [-0.25, -0.2) is 9.38 Å². The minimum atomic E-state index is -0.366. The van der Waals surface area contributed by atoms with Crippen molar-refractivity contribution in [2.75, 3.05) is 5.32 Å². The van der Waals surface area contributed by atoms with Crippen LogP contribution in [-0.2, 0) is 0 Å². The van der Waals surface area contributed by atoms with Gasteiger partial charge in [0.25, 0.3) is 5.91 Å². The highest BCUT2D eigenvalue weighted by Gasteiger charge is 2.19. The number of H-pyrrole nitrogens is 1. The van der Waals surface area contributed by atoms with Gasteiger partial charge in [-0.15, -0.1) is 0 Å². The first-order valence-corrected chi connectivity index (χ1v) is 9.89. The summed E-state index contributed by atoms with van der Waals surface area (Å²) >= 11 is 0. The summed E-state index contributed by atoms with van der Waals surface area (Å²) in [5, 5.41) is 16.6. The molecule has 4 rings (SSSR count). The number of nitrogens with one attached hydrogen (secondary N) is 3. The van der Waals surface area contributed by atoms with Gasteiger partial charge in [0.15, 0.2) is 5.82 Å². The maximum atomic E-state index is 13.9. The van der Waals surface area contributed by atoms with Crippen LogP contribution in [0.3, 0.4) is 0 Å². The van der Waals surface area contributed by atoms with Gasteiger partial charge in [-0.05, 0) is 38.3 Å². The highest BCUT2D eigenvalue weighted by Crippen LogP contribution is 2.23. The molecule has 156 valence electrons. The molecule has 0 spiro atoms. The van der Waals surface area contributed by atoms with Crippen LogP contribution >= 0.6 is 0 Å². The lowest BCUT2D eigenvalue weighted by Crippen LogP contribution is -2.37. The van der Waals surface area contributed by atoms with Gasteiger partial charge in [0.1, 0.15) is 17.1 Å². The predicted octanol–water partition coefficient (Wildman–Crippen LogP) is 3.96. The Morgan fingerprint density at radius 3 is 2.77 bits per heavy atom. The van der Waals surface area contributed by atoms with E-state index in [9.17, 15) is 9.18 Å². The standard InChI is InChI=1S/C21H23FN6O2/c1-12-7-8-14(9-17(12)22)18-10-19(28-27-18)25-21(24-15-5-3-4-6-15)26-20(29)16-11-23-30-13(16)2/h7-11,15H,3-6H2,1-2H3,(H3,24,25,26,27,28,29). The van der Waals surface area contributed by atoms with E-state index in [1.807, 2.05) is 6.07 Å². The summed E-state index contributed by atoms with van der Waals surface area (Å²) in [6.45, 7) is 3.38. The van der Waals surface area contributed by atoms with E-state index < -0.39 is 0 Å². The van der Waals surface area contributed by atoms with Gasteiger partial charge in [0.2, 0.25) is 5.96 Å². The Bertz CT molecular complexity index is 1080. The van der Waals surface area contributed by atoms with E-state index in [0.29, 0.717) is 39.9 Å². The van der Waals surface area contributed by atoms with Gasteiger partial charge in [-0.3, -0.25) is 15.2 Å². The van der Waals surface area contributed by atoms with Crippen molar-refractivity contribution in [2.45, 2.75) is 45.6 Å². The second kappa shape index (κ2) is 8.48. The number of aliphatic imine (C=N–C) groups is 1. The van der Waals surface area contributed by atoms with E-state index in [4.69, 9.17) is 4.52 Å². The summed E-state index contributed by atoms with van der Waals surface area (Å²) in [7, 11) is 0. The summed E-state index contributed by atoms with van der Waals surface area (Å²) in [5.41, 5.74) is 2.25. The molecule has 0 unspecified atom stereocenters. The van der Waals surface area contributed by atoms with Crippen molar-refractivity contribution in [2.24, 2.45) is 4.99 Å². The normalized spacial score (nSPS) is 14.8. The molecule has 0 saturated heterocycles. The number of carbonyl (C=O) groups is 1. The molecule has 0 atom stereocenters. The first-order chi connectivity index (χ1) is 14.5. The minimum absolute atomic E-state index is 0.140. The summed E-state index contributed by atoms with van der Waals surface area (Å²) < 4.78 is 18.9. The fourth-order valence-electron chi connectivity index (χ4n) is 3.42. The molecule has 1 saturated carbocycles. The topological polar surface area (TPSA) is 108 Å². The quantitative estimate of drug-likeness (QED) is 0.446. The van der Waals surface area contributed by atoms with Gasteiger partial charge in [-0.1, -0.05) is 30.1 Å². The molecule has 1 fully saturated rings. The van der Waals surface area contributed by atoms with Gasteiger partial charge in [0.05, 0.1) is 17.9 Å². The second-order valence-electron chi connectivity index (χ2n) is 7.42. The number of hydrogen-bond donors (Lipinski definition) is 3. The third kappa shape index (κ3) is 4.40. The van der Waals surface area contributed by atoms with Crippen LogP contribution in [0.4, 0.5) is 10.2 Å². The Morgan fingerprint density at radius 1 is 1.27 bits per heavy atom. The molecule has 9 heteroatoms. The Balaban J connectivity index is 1.54. The van der Waals surface area contributed by atoms with Gasteiger partial charge in [-0.2, -0.15) is 5.10 Å². The molecular weight excluding hydrogens is 387 g/mol. The number of halogens is 1. The molecule has 8 nitrogen and oxygen atoms in total. The van der Waals surface area contributed by atoms with Crippen molar-refractivity contribution in [3.8, 4) is 11.3 Å². The van der Waals surface area contributed by atoms with Crippen LogP contribution in [0.5, 0.6) is 0 Å². The zero-order valence-corrected chi connectivity index (χ0v) is 16.8. The number of anilines is 1. The zero-order valence-electron chi connectivity index (χ0n) is 16.8. The van der Waals surface area contributed by atoms with Crippen LogP contribution < -0.4 is 10.6 Å². The highest BCUT2D eigenvalue weighted by atomic mass is 19.1. The molecule has 0 radical (unpaired) electrons. The molecule has 2 heterocycles. The number of aromatic amines is 1. The molecule has 1 aromatic carbocycles. The number of nitrogens with zero attached hydrogens (tertiary/aromatic N) is 3. The van der Waals surface area contributed by atoms with Gasteiger partial charge < -0.3 is 9.84 Å². The predicted molar refractivity (Wildman–Crippen MR) is 111 cm³/mol. The number of aromatic nitrogens is 3. The number of benzene rings is 1. The number of rotatable bonds is 4. The van der Waals surface area contributed by atoms with Crippen LogP contribution in [0.1, 0.15) is 47.4 Å². The van der Waals surface area contributed by atoms with Crippen LogP contribution in [-0.4, -0.2) is 33.3 Å². The second-order valence-corrected chi connectivity index (χ2v) is 7.42. The maximum absolute atomic E-state index is 13.9. The Morgan fingerprint density at radius 2 is 2.07 bits per heavy atom. The fraction of sp³-hybridized carbons (Fsp3) is 0.333. The van der Waals surface area contributed by atoms with E-state index in [-0.39, 0.29) is 17.8 Å². The largest absolute Gasteiger partial charge is 0.361 e. The lowest BCUT2D eigenvalue weighted by Gasteiger charge is -2.12. The van der Waals surface area contributed by atoms with Gasteiger partial charge in [0, 0.05) is 11.6 Å². The summed E-state index contributed by atoms with van der Waals surface area (Å²) in [6, 6.07) is 6.87. The monoisotopic (exact) mass is 410 g/mol. The zero-order chi connectivity index (χ0) is 21.1. The Hall–Kier alpha value is -3.49. The van der Waals surface area contributed by atoms with Crippen molar-refractivity contribution in [1.82, 2.24) is 20.7 Å². The van der Waals surface area contributed by atoms with Crippen LogP contribution in [0.25, 0.3) is 11.3 Å². The molecule has 30 heavy (non-hydrogen) atoms. The average Bonchev–Trinajstić information content (AvgIpc) is 3.46. The van der Waals surface area contributed by atoms with E-state index in [1.54, 1.807) is 26.0 Å². The van der Waals surface area contributed by atoms with Crippen molar-refractivity contribution < 1.29 is 13.7 Å². The molecule has 3 N–H and O–H groups in total. The molecule has 2 aromatic heterocycles. The van der Waals surface area contributed by atoms with Crippen LogP contribution in [0.15, 0.2) is 40.0 Å². The average molecular weight is 410 g/mol. The van der Waals surface area contributed by atoms with Crippen molar-refractivity contribution in [3.63, 3.8) is 0 Å². The number of guanidine groups is 1. The number of amides is 1. The number of aryl methyl sites for hydroxylation is 2. The summed E-state index contributed by atoms with van der Waals surface area (Å²) in [4.78, 5) is 17.3. The van der Waals surface area contributed by atoms with Crippen molar-refractivity contribution in [3.05, 3.63) is 53.2 Å². The van der Waals surface area contributed by atoms with E-state index in [1.165, 1.54) is 12.3 Å². The number of hydrogen-bond acceptors (Lipinski definition) is 5. The smallest absolute Gasteiger partial charge is 0.263 e. The molecule has 1 aliphatic carbocycles. The van der Waals surface area contributed by atoms with E-state index in [2.05, 4.69) is 31.0 Å². The lowest BCUT2D eigenvalue weighted by molar-refractivity contribution is 0.0975. The molecule has 3 aromatic rings. The highest BCUT2D eigenvalue weighted by molar-refractivity contribution is 6.10. The van der Waals surface area contributed by atoms with E-state index in [0.717, 1.165) is 25.7 Å².